The second-order valence-corrected chi connectivity index (χ2v) is 6.84. The minimum absolute atomic E-state index is 0.340. The van der Waals surface area contributed by atoms with Gasteiger partial charge in [0.2, 0.25) is 0 Å². The molecule has 0 atom stereocenters. The molecule has 5 nitrogen and oxygen atoms in total. The Morgan fingerprint density at radius 1 is 0.931 bits per heavy atom. The van der Waals surface area contributed by atoms with Gasteiger partial charge in [0, 0.05) is 11.8 Å². The number of benzene rings is 3. The summed E-state index contributed by atoms with van der Waals surface area (Å²) in [5.74, 6) is -0.157. The van der Waals surface area contributed by atoms with Crippen LogP contribution in [0.1, 0.15) is 16.7 Å². The fourth-order valence-corrected chi connectivity index (χ4v) is 3.07. The van der Waals surface area contributed by atoms with Crippen LogP contribution in [-0.4, -0.2) is 25.6 Å². The summed E-state index contributed by atoms with van der Waals surface area (Å²) in [6.45, 7) is 3.57. The van der Waals surface area contributed by atoms with Crippen LogP contribution in [-0.2, 0) is 14.3 Å². The molecule has 0 unspecified atom stereocenters. The van der Waals surface area contributed by atoms with E-state index in [9.17, 15) is 9.59 Å². The average molecular weight is 389 g/mol. The van der Waals surface area contributed by atoms with E-state index >= 15 is 0 Å². The molecule has 0 bridgehead atoms. The highest BCUT2D eigenvalue weighted by atomic mass is 16.5. The molecule has 1 amide bonds. The third kappa shape index (κ3) is 5.69. The maximum absolute atomic E-state index is 12.0. The van der Waals surface area contributed by atoms with Crippen molar-refractivity contribution < 1.29 is 19.1 Å². The minimum Gasteiger partial charge on any atom is -0.497 e. The van der Waals surface area contributed by atoms with Crippen molar-refractivity contribution in [3.05, 3.63) is 77.4 Å². The third-order valence-electron chi connectivity index (χ3n) is 4.33. The molecule has 0 aliphatic heterocycles. The molecule has 0 heterocycles. The van der Waals surface area contributed by atoms with Crippen molar-refractivity contribution in [1.29, 1.82) is 0 Å². The lowest BCUT2D eigenvalue weighted by Crippen LogP contribution is -2.20. The summed E-state index contributed by atoms with van der Waals surface area (Å²) >= 11 is 0. The fourth-order valence-electron chi connectivity index (χ4n) is 3.07. The molecule has 3 rings (SSSR count). The van der Waals surface area contributed by atoms with E-state index in [4.69, 9.17) is 9.47 Å². The highest BCUT2D eigenvalue weighted by molar-refractivity contribution is 5.95. The van der Waals surface area contributed by atoms with E-state index in [1.54, 1.807) is 13.2 Å². The fraction of sp³-hybridized carbons (Fsp3) is 0.167. The maximum atomic E-state index is 12.0. The lowest BCUT2D eigenvalue weighted by Gasteiger charge is -2.07. The first-order valence-corrected chi connectivity index (χ1v) is 9.24. The van der Waals surface area contributed by atoms with Gasteiger partial charge in [0.15, 0.2) is 6.61 Å². The number of nitrogens with one attached hydrogen (secondary N) is 1. The van der Waals surface area contributed by atoms with Gasteiger partial charge in [-0.1, -0.05) is 24.3 Å². The summed E-state index contributed by atoms with van der Waals surface area (Å²) < 4.78 is 10.2. The van der Waals surface area contributed by atoms with Crippen LogP contribution in [0, 0.1) is 13.8 Å². The van der Waals surface area contributed by atoms with Crippen LogP contribution >= 0.6 is 0 Å². The van der Waals surface area contributed by atoms with E-state index in [2.05, 4.69) is 5.32 Å². The summed E-state index contributed by atoms with van der Waals surface area (Å²) in [4.78, 5) is 23.9. The first-order valence-electron chi connectivity index (χ1n) is 9.24. The average Bonchev–Trinajstić information content (AvgIpc) is 2.69. The van der Waals surface area contributed by atoms with Crippen LogP contribution < -0.4 is 10.1 Å². The van der Waals surface area contributed by atoms with Crippen molar-refractivity contribution in [1.82, 2.24) is 0 Å². The summed E-state index contributed by atoms with van der Waals surface area (Å²) in [7, 11) is 1.63. The van der Waals surface area contributed by atoms with Crippen molar-refractivity contribution in [2.45, 2.75) is 13.8 Å². The van der Waals surface area contributed by atoms with E-state index in [1.807, 2.05) is 68.4 Å². The predicted molar refractivity (Wildman–Crippen MR) is 115 cm³/mol. The second-order valence-electron chi connectivity index (χ2n) is 6.84. The number of ether oxygens (including phenoxy) is 2. The number of aryl methyl sites for hydroxylation is 2. The zero-order chi connectivity index (χ0) is 20.8. The Morgan fingerprint density at radius 2 is 1.62 bits per heavy atom. The van der Waals surface area contributed by atoms with Gasteiger partial charge in [-0.2, -0.15) is 0 Å². The van der Waals surface area contributed by atoms with Gasteiger partial charge in [-0.15, -0.1) is 0 Å². The van der Waals surface area contributed by atoms with Crippen LogP contribution in [0.4, 0.5) is 5.69 Å². The molecule has 5 heteroatoms. The van der Waals surface area contributed by atoms with E-state index < -0.39 is 5.97 Å². The number of amides is 1. The molecule has 0 saturated heterocycles. The first-order chi connectivity index (χ1) is 13.9. The molecule has 0 radical (unpaired) electrons. The van der Waals surface area contributed by atoms with Crippen LogP contribution in [0.2, 0.25) is 0 Å². The Balaban J connectivity index is 1.55. The molecular weight excluding hydrogens is 366 g/mol. The molecule has 0 aliphatic rings. The van der Waals surface area contributed by atoms with E-state index in [0.717, 1.165) is 33.2 Å². The van der Waals surface area contributed by atoms with Crippen molar-refractivity contribution in [2.24, 2.45) is 0 Å². The number of methoxy groups -OCH3 is 1. The van der Waals surface area contributed by atoms with Gasteiger partial charge < -0.3 is 14.8 Å². The van der Waals surface area contributed by atoms with Crippen molar-refractivity contribution in [2.75, 3.05) is 19.0 Å². The molecule has 1 N–H and O–H groups in total. The van der Waals surface area contributed by atoms with E-state index in [1.165, 1.54) is 6.08 Å². The predicted octanol–water partition coefficient (Wildman–Crippen LogP) is 4.66. The summed E-state index contributed by atoms with van der Waals surface area (Å²) in [6.07, 6.45) is 2.97. The van der Waals surface area contributed by atoms with Crippen LogP contribution in [0.5, 0.6) is 5.75 Å². The number of rotatable bonds is 6. The monoisotopic (exact) mass is 389 g/mol. The topological polar surface area (TPSA) is 64.6 Å². The minimum atomic E-state index is -0.574. The Labute approximate surface area is 170 Å². The number of hydrogen-bond donors (Lipinski definition) is 1. The number of carbonyl (C=O) groups is 2. The highest BCUT2D eigenvalue weighted by Crippen LogP contribution is 2.22. The maximum Gasteiger partial charge on any atom is 0.331 e. The summed E-state index contributed by atoms with van der Waals surface area (Å²) in [5, 5.41) is 4.82. The van der Waals surface area contributed by atoms with Gasteiger partial charge in [0.25, 0.3) is 5.91 Å². The van der Waals surface area contributed by atoms with Gasteiger partial charge in [0.1, 0.15) is 5.75 Å². The van der Waals surface area contributed by atoms with Gasteiger partial charge >= 0.3 is 5.97 Å². The molecule has 0 fully saturated rings. The van der Waals surface area contributed by atoms with E-state index in [0.29, 0.717) is 5.69 Å². The first kappa shape index (κ1) is 20.1. The summed E-state index contributed by atoms with van der Waals surface area (Å²) in [6, 6.07) is 17.4. The zero-order valence-corrected chi connectivity index (χ0v) is 16.7. The van der Waals surface area contributed by atoms with Crippen LogP contribution in [0.25, 0.3) is 16.8 Å². The van der Waals surface area contributed by atoms with Crippen LogP contribution in [0.15, 0.2) is 60.7 Å². The van der Waals surface area contributed by atoms with Gasteiger partial charge in [-0.05, 0) is 77.7 Å². The molecular formula is C24H23NO4. The quantitative estimate of drug-likeness (QED) is 0.492. The highest BCUT2D eigenvalue weighted by Gasteiger charge is 2.06. The Hall–Kier alpha value is -3.60. The zero-order valence-electron chi connectivity index (χ0n) is 16.7. The van der Waals surface area contributed by atoms with Crippen LogP contribution in [0.3, 0.4) is 0 Å². The normalized spacial score (nSPS) is 10.9. The Bertz CT molecular complexity index is 1070. The molecule has 0 spiro atoms. The number of fused-ring (bicyclic) bond motifs is 1. The molecule has 0 aromatic heterocycles. The molecule has 0 aliphatic carbocycles. The van der Waals surface area contributed by atoms with Crippen molar-refractivity contribution in [3.8, 4) is 5.75 Å². The lowest BCUT2D eigenvalue weighted by molar-refractivity contribution is -0.142. The number of hydrogen-bond acceptors (Lipinski definition) is 4. The van der Waals surface area contributed by atoms with Gasteiger partial charge in [0.05, 0.1) is 7.11 Å². The molecule has 3 aromatic rings. The number of esters is 1. The third-order valence-corrected chi connectivity index (χ3v) is 4.33. The lowest BCUT2D eigenvalue weighted by atomic mass is 10.1. The van der Waals surface area contributed by atoms with Crippen molar-refractivity contribution in [3.63, 3.8) is 0 Å². The molecule has 0 saturated carbocycles. The second kappa shape index (κ2) is 9.06. The van der Waals surface area contributed by atoms with Crippen molar-refractivity contribution >= 4 is 34.4 Å². The number of anilines is 1. The van der Waals surface area contributed by atoms with Gasteiger partial charge in [-0.25, -0.2) is 4.79 Å². The standard InChI is InChI=1S/C24H23NO4/c1-16-10-17(2)12-21(11-16)25-23(26)15-29-24(27)9-5-18-4-6-20-14-22(28-3)8-7-19(20)13-18/h4-14H,15H2,1-3H3,(H,25,26)/b9-5+. The van der Waals surface area contributed by atoms with E-state index in [-0.39, 0.29) is 12.5 Å². The molecule has 148 valence electrons. The smallest absolute Gasteiger partial charge is 0.331 e. The molecule has 3 aromatic carbocycles. The summed E-state index contributed by atoms with van der Waals surface area (Å²) in [5.41, 5.74) is 3.65. The Kier molecular flexibility index (Phi) is 6.29. The Morgan fingerprint density at radius 3 is 2.34 bits per heavy atom. The number of carbonyl (C=O) groups excluding carboxylic acids is 2. The largest absolute Gasteiger partial charge is 0.497 e. The molecule has 29 heavy (non-hydrogen) atoms. The SMILES string of the molecule is COc1ccc2cc(/C=C/C(=O)OCC(=O)Nc3cc(C)cc(C)c3)ccc2c1. The van der Waals surface area contributed by atoms with Gasteiger partial charge in [-0.3, -0.25) is 4.79 Å².